The highest BCUT2D eigenvalue weighted by atomic mass is 32.1. The molecular weight excluding hydrogens is 360 g/mol. The van der Waals surface area contributed by atoms with Crippen LogP contribution in [0.25, 0.3) is 11.0 Å². The van der Waals surface area contributed by atoms with Crippen LogP contribution in [0, 0.1) is 0 Å². The summed E-state index contributed by atoms with van der Waals surface area (Å²) in [5.74, 6) is 0.336. The second kappa shape index (κ2) is 7.92. The smallest absolute Gasteiger partial charge is 0.252 e. The van der Waals surface area contributed by atoms with Crippen molar-refractivity contribution in [1.82, 2.24) is 14.9 Å². The molecule has 142 valence electrons. The number of nitrogens with one attached hydrogen (secondary N) is 2. The van der Waals surface area contributed by atoms with Crippen molar-refractivity contribution in [3.63, 3.8) is 0 Å². The predicted molar refractivity (Wildman–Crippen MR) is 109 cm³/mol. The number of para-hydroxylation sites is 2. The van der Waals surface area contributed by atoms with E-state index in [1.54, 1.807) is 11.4 Å². The van der Waals surface area contributed by atoms with Crippen molar-refractivity contribution >= 4 is 40.1 Å². The first-order chi connectivity index (χ1) is 12.9. The molecule has 6 nitrogen and oxygen atoms in total. The summed E-state index contributed by atoms with van der Waals surface area (Å²) in [6.45, 7) is 6.70. The lowest BCUT2D eigenvalue weighted by Crippen LogP contribution is -2.27. The Hall–Kier alpha value is -2.67. The van der Waals surface area contributed by atoms with E-state index in [4.69, 9.17) is 0 Å². The van der Waals surface area contributed by atoms with Gasteiger partial charge in [0.1, 0.15) is 0 Å². The molecule has 0 aliphatic heterocycles. The minimum Gasteiger partial charge on any atom is -0.352 e. The van der Waals surface area contributed by atoms with Gasteiger partial charge in [0, 0.05) is 29.4 Å². The molecule has 7 heteroatoms. The lowest BCUT2D eigenvalue weighted by Gasteiger charge is -2.24. The molecule has 0 aliphatic rings. The van der Waals surface area contributed by atoms with Gasteiger partial charge in [0.2, 0.25) is 11.9 Å². The average molecular weight is 385 g/mol. The van der Waals surface area contributed by atoms with Crippen molar-refractivity contribution < 1.29 is 9.59 Å². The highest BCUT2D eigenvalue weighted by Crippen LogP contribution is 2.27. The Balaban J connectivity index is 1.59. The van der Waals surface area contributed by atoms with Gasteiger partial charge in [-0.1, -0.05) is 12.1 Å². The van der Waals surface area contributed by atoms with Gasteiger partial charge >= 0.3 is 0 Å². The third kappa shape index (κ3) is 4.54. The van der Waals surface area contributed by atoms with E-state index in [0.717, 1.165) is 11.0 Å². The number of amides is 2. The highest BCUT2D eigenvalue weighted by Gasteiger charge is 2.22. The van der Waals surface area contributed by atoms with Crippen LogP contribution in [0.5, 0.6) is 0 Å². The van der Waals surface area contributed by atoms with Crippen molar-refractivity contribution in [2.24, 2.45) is 0 Å². The van der Waals surface area contributed by atoms with Gasteiger partial charge < -0.3 is 9.88 Å². The average Bonchev–Trinajstić information content (AvgIpc) is 3.25. The Morgan fingerprint density at radius 1 is 1.19 bits per heavy atom. The number of benzene rings is 1. The molecule has 0 saturated heterocycles. The first kappa shape index (κ1) is 19.1. The number of carbonyl (C=O) groups is 2. The van der Waals surface area contributed by atoms with Crippen molar-refractivity contribution in [3.05, 3.63) is 46.7 Å². The number of nitrogens with zero attached hydrogens (tertiary/aromatic N) is 2. The van der Waals surface area contributed by atoms with E-state index >= 15 is 0 Å². The third-order valence-corrected chi connectivity index (χ3v) is 4.82. The Kier molecular flexibility index (Phi) is 5.60. The Morgan fingerprint density at radius 3 is 2.67 bits per heavy atom. The molecule has 0 spiro atoms. The molecule has 2 heterocycles. The monoisotopic (exact) mass is 384 g/mol. The number of imidazole rings is 1. The molecule has 0 bridgehead atoms. The fourth-order valence-corrected chi connectivity index (χ4v) is 3.56. The summed E-state index contributed by atoms with van der Waals surface area (Å²) in [6, 6.07) is 9.62. The fraction of sp³-hybridized carbons (Fsp3) is 0.350. The first-order valence-corrected chi connectivity index (χ1v) is 9.89. The molecule has 3 rings (SSSR count). The van der Waals surface area contributed by atoms with Crippen LogP contribution in [0.1, 0.15) is 44.0 Å². The Morgan fingerprint density at radius 2 is 1.96 bits per heavy atom. The summed E-state index contributed by atoms with van der Waals surface area (Å²) >= 11 is 1.48. The lowest BCUT2D eigenvalue weighted by atomic mass is 10.1. The quantitative estimate of drug-likeness (QED) is 0.631. The number of thiophene rings is 1. The minimum absolute atomic E-state index is 0.105. The number of hydrogen-bond acceptors (Lipinski definition) is 4. The minimum atomic E-state index is -0.215. The molecule has 0 aliphatic carbocycles. The molecule has 27 heavy (non-hydrogen) atoms. The van der Waals surface area contributed by atoms with E-state index in [0.29, 0.717) is 30.9 Å². The van der Waals surface area contributed by atoms with Gasteiger partial charge in [0.05, 0.1) is 11.0 Å². The molecule has 2 N–H and O–H groups in total. The molecule has 1 aromatic carbocycles. The number of aromatic nitrogens is 2. The molecule has 0 saturated carbocycles. The topological polar surface area (TPSA) is 76.0 Å². The van der Waals surface area contributed by atoms with Crippen molar-refractivity contribution in [1.29, 1.82) is 0 Å². The maximum absolute atomic E-state index is 12.4. The summed E-state index contributed by atoms with van der Waals surface area (Å²) in [5.41, 5.74) is 2.28. The van der Waals surface area contributed by atoms with E-state index < -0.39 is 0 Å². The normalized spacial score (nSPS) is 11.5. The largest absolute Gasteiger partial charge is 0.352 e. The van der Waals surface area contributed by atoms with Gasteiger partial charge in [-0.2, -0.15) is 11.3 Å². The van der Waals surface area contributed by atoms with Crippen molar-refractivity contribution in [3.8, 4) is 0 Å². The first-order valence-electron chi connectivity index (χ1n) is 8.94. The summed E-state index contributed by atoms with van der Waals surface area (Å²) in [7, 11) is 0. The van der Waals surface area contributed by atoms with E-state index in [1.807, 2.05) is 34.2 Å². The van der Waals surface area contributed by atoms with Crippen LogP contribution in [-0.2, 0) is 10.3 Å². The summed E-state index contributed by atoms with van der Waals surface area (Å²) < 4.78 is 2.04. The number of fused-ring (bicyclic) bond motifs is 1. The van der Waals surface area contributed by atoms with E-state index in [2.05, 4.69) is 36.4 Å². The van der Waals surface area contributed by atoms with Crippen LogP contribution in [-0.4, -0.2) is 27.9 Å². The van der Waals surface area contributed by atoms with Crippen LogP contribution in [0.2, 0.25) is 0 Å². The molecular formula is C20H24N4O2S. The van der Waals surface area contributed by atoms with E-state index in [1.165, 1.54) is 11.3 Å². The van der Waals surface area contributed by atoms with Crippen LogP contribution >= 0.6 is 11.3 Å². The van der Waals surface area contributed by atoms with Gasteiger partial charge in [0.25, 0.3) is 5.91 Å². The maximum Gasteiger partial charge on any atom is 0.252 e. The van der Waals surface area contributed by atoms with Crippen molar-refractivity contribution in [2.75, 3.05) is 11.9 Å². The Labute approximate surface area is 162 Å². The maximum atomic E-state index is 12.4. The number of carbonyl (C=O) groups excluding carboxylic acids is 2. The second-order valence-electron chi connectivity index (χ2n) is 7.35. The zero-order valence-corrected chi connectivity index (χ0v) is 16.6. The molecule has 3 aromatic rings. The van der Waals surface area contributed by atoms with Gasteiger partial charge in [0.15, 0.2) is 0 Å². The zero-order valence-electron chi connectivity index (χ0n) is 15.8. The second-order valence-corrected chi connectivity index (χ2v) is 8.13. The van der Waals surface area contributed by atoms with E-state index in [9.17, 15) is 9.59 Å². The molecule has 2 amide bonds. The summed E-state index contributed by atoms with van der Waals surface area (Å²) in [4.78, 5) is 28.8. The van der Waals surface area contributed by atoms with Crippen LogP contribution in [0.4, 0.5) is 5.95 Å². The van der Waals surface area contributed by atoms with E-state index in [-0.39, 0.29) is 17.4 Å². The molecule has 0 atom stereocenters. The predicted octanol–water partition coefficient (Wildman–Crippen LogP) is 4.00. The molecule has 2 aromatic heterocycles. The zero-order chi connectivity index (χ0) is 19.4. The molecule has 0 fully saturated rings. The highest BCUT2D eigenvalue weighted by molar-refractivity contribution is 7.08. The summed E-state index contributed by atoms with van der Waals surface area (Å²) in [5, 5.41) is 9.42. The number of hydrogen-bond donors (Lipinski definition) is 2. The van der Waals surface area contributed by atoms with Gasteiger partial charge in [-0.05, 0) is 50.8 Å². The van der Waals surface area contributed by atoms with Gasteiger partial charge in [-0.3, -0.25) is 14.9 Å². The standard InChI is InChI=1S/C20H24N4O2S/c1-20(2,3)24-16-8-5-4-7-15(16)22-19(24)23-17(25)9-6-11-21-18(26)14-10-12-27-13-14/h4-5,7-8,10,12-13H,6,9,11H2,1-3H3,(H,21,26)(H,22,23,25). The van der Waals surface area contributed by atoms with Gasteiger partial charge in [-0.25, -0.2) is 4.98 Å². The number of rotatable bonds is 6. The lowest BCUT2D eigenvalue weighted by molar-refractivity contribution is -0.116. The van der Waals surface area contributed by atoms with Crippen LogP contribution in [0.3, 0.4) is 0 Å². The van der Waals surface area contributed by atoms with Crippen LogP contribution in [0.15, 0.2) is 41.1 Å². The Bertz CT molecular complexity index is 939. The van der Waals surface area contributed by atoms with Crippen molar-refractivity contribution in [2.45, 2.75) is 39.2 Å². The number of anilines is 1. The van der Waals surface area contributed by atoms with Crippen LogP contribution < -0.4 is 10.6 Å². The molecule has 0 radical (unpaired) electrons. The summed E-state index contributed by atoms with van der Waals surface area (Å²) in [6.07, 6.45) is 0.884. The van der Waals surface area contributed by atoms with Gasteiger partial charge in [-0.15, -0.1) is 0 Å². The SMILES string of the molecule is CC(C)(C)n1c(NC(=O)CCCNC(=O)c2ccsc2)nc2ccccc21. The fourth-order valence-electron chi connectivity index (χ4n) is 2.92. The molecule has 0 unspecified atom stereocenters. The third-order valence-electron chi connectivity index (χ3n) is 4.13.